The molecule has 0 saturated heterocycles. The zero-order chi connectivity index (χ0) is 11.8. The first-order valence-electron chi connectivity index (χ1n) is 4.87. The normalized spacial score (nSPS) is 14.4. The Morgan fingerprint density at radius 1 is 0.765 bits per heavy atom. The zero-order valence-corrected chi connectivity index (χ0v) is 8.51. The molecule has 2 aromatic carbocycles. The van der Waals surface area contributed by atoms with E-state index in [4.69, 9.17) is 9.47 Å². The van der Waals surface area contributed by atoms with Crippen LogP contribution in [-0.4, -0.2) is 12.3 Å². The van der Waals surface area contributed by atoms with Crippen LogP contribution in [0, 0.1) is 0 Å². The summed E-state index contributed by atoms with van der Waals surface area (Å²) in [6.07, 6.45) is -2.19. The molecule has 3 rings (SSSR count). The number of hydrogen-bond donors (Lipinski definition) is 0. The standard InChI is InChI=1S/C12H6O5/c13-11-15-9-6-5-7-3-1-2-4-8(7)10(9)16-12(14)17-11/h1-6H. The van der Waals surface area contributed by atoms with E-state index in [0.29, 0.717) is 5.39 Å². The van der Waals surface area contributed by atoms with Gasteiger partial charge in [0.05, 0.1) is 0 Å². The highest BCUT2D eigenvalue weighted by molar-refractivity contribution is 5.95. The van der Waals surface area contributed by atoms with Gasteiger partial charge in [-0.2, -0.15) is 0 Å². The molecule has 5 heteroatoms. The summed E-state index contributed by atoms with van der Waals surface area (Å²) in [6, 6.07) is 10.6. The van der Waals surface area contributed by atoms with Crippen molar-refractivity contribution in [1.82, 2.24) is 0 Å². The first-order valence-corrected chi connectivity index (χ1v) is 4.87. The van der Waals surface area contributed by atoms with Gasteiger partial charge in [0.25, 0.3) is 0 Å². The molecule has 17 heavy (non-hydrogen) atoms. The van der Waals surface area contributed by atoms with Crippen molar-refractivity contribution in [2.75, 3.05) is 0 Å². The summed E-state index contributed by atoms with van der Waals surface area (Å²) in [5, 5.41) is 1.55. The highest BCUT2D eigenvalue weighted by Crippen LogP contribution is 2.37. The Hall–Kier alpha value is -2.56. The van der Waals surface area contributed by atoms with Crippen LogP contribution in [0.4, 0.5) is 9.59 Å². The van der Waals surface area contributed by atoms with E-state index in [0.717, 1.165) is 5.39 Å². The lowest BCUT2D eigenvalue weighted by atomic mass is 10.1. The second-order valence-electron chi connectivity index (χ2n) is 3.42. The lowest BCUT2D eigenvalue weighted by Gasteiger charge is -2.06. The summed E-state index contributed by atoms with van der Waals surface area (Å²) in [7, 11) is 0. The molecule has 0 amide bonds. The quantitative estimate of drug-likeness (QED) is 0.395. The molecule has 0 aromatic heterocycles. The van der Waals surface area contributed by atoms with Gasteiger partial charge >= 0.3 is 12.3 Å². The largest absolute Gasteiger partial charge is 0.524 e. The number of ether oxygens (including phenoxy) is 3. The van der Waals surface area contributed by atoms with E-state index in [1.165, 1.54) is 0 Å². The second kappa shape index (κ2) is 3.48. The molecule has 0 atom stereocenters. The van der Waals surface area contributed by atoms with E-state index < -0.39 is 12.3 Å². The third-order valence-corrected chi connectivity index (χ3v) is 2.39. The molecular formula is C12H6O5. The van der Waals surface area contributed by atoms with Crippen molar-refractivity contribution in [2.24, 2.45) is 0 Å². The summed E-state index contributed by atoms with van der Waals surface area (Å²) in [4.78, 5) is 22.2. The zero-order valence-electron chi connectivity index (χ0n) is 8.51. The minimum absolute atomic E-state index is 0.166. The van der Waals surface area contributed by atoms with E-state index >= 15 is 0 Å². The predicted octanol–water partition coefficient (Wildman–Crippen LogP) is 2.87. The molecule has 1 heterocycles. The SMILES string of the molecule is O=C1OC(=O)Oc2c(ccc3ccccc23)O1. The molecular weight excluding hydrogens is 224 g/mol. The number of carbonyl (C=O) groups excluding carboxylic acids is 2. The minimum atomic E-state index is -1.09. The molecule has 5 nitrogen and oxygen atoms in total. The van der Waals surface area contributed by atoms with Crippen molar-refractivity contribution in [2.45, 2.75) is 0 Å². The van der Waals surface area contributed by atoms with Crippen LogP contribution in [0.3, 0.4) is 0 Å². The molecule has 2 aromatic rings. The molecule has 0 fully saturated rings. The highest BCUT2D eigenvalue weighted by atomic mass is 16.8. The minimum Gasteiger partial charge on any atom is -0.391 e. The van der Waals surface area contributed by atoms with Crippen LogP contribution in [0.25, 0.3) is 10.8 Å². The Kier molecular flexibility index (Phi) is 1.98. The predicted molar refractivity (Wildman–Crippen MR) is 57.1 cm³/mol. The number of rotatable bonds is 0. The third kappa shape index (κ3) is 1.57. The van der Waals surface area contributed by atoms with Gasteiger partial charge in [-0.25, -0.2) is 9.59 Å². The molecule has 1 aliphatic rings. The molecule has 84 valence electrons. The van der Waals surface area contributed by atoms with Crippen LogP contribution in [0.2, 0.25) is 0 Å². The Labute approximate surface area is 95.5 Å². The topological polar surface area (TPSA) is 61.8 Å². The fraction of sp³-hybridized carbons (Fsp3) is 0. The van der Waals surface area contributed by atoms with Crippen LogP contribution in [-0.2, 0) is 4.74 Å². The molecule has 0 aliphatic carbocycles. The number of carbonyl (C=O) groups is 2. The third-order valence-electron chi connectivity index (χ3n) is 2.39. The van der Waals surface area contributed by atoms with Gasteiger partial charge < -0.3 is 14.2 Å². The van der Waals surface area contributed by atoms with Crippen molar-refractivity contribution in [3.8, 4) is 11.5 Å². The Morgan fingerprint density at radius 3 is 2.41 bits per heavy atom. The maximum atomic E-state index is 11.2. The average Bonchev–Trinajstić information content (AvgIpc) is 2.46. The Morgan fingerprint density at radius 2 is 1.53 bits per heavy atom. The maximum absolute atomic E-state index is 11.2. The van der Waals surface area contributed by atoms with Crippen molar-refractivity contribution < 1.29 is 23.8 Å². The molecule has 0 saturated carbocycles. The summed E-state index contributed by atoms with van der Waals surface area (Å²) in [5.74, 6) is 0.360. The van der Waals surface area contributed by atoms with Crippen molar-refractivity contribution >= 4 is 23.1 Å². The first-order chi connectivity index (χ1) is 8.24. The number of benzene rings is 2. The maximum Gasteiger partial charge on any atom is 0.524 e. The van der Waals surface area contributed by atoms with Gasteiger partial charge in [-0.1, -0.05) is 30.3 Å². The smallest absolute Gasteiger partial charge is 0.391 e. The second-order valence-corrected chi connectivity index (χ2v) is 3.42. The Bertz CT molecular complexity index is 632. The van der Waals surface area contributed by atoms with Crippen LogP contribution in [0.5, 0.6) is 11.5 Å². The van der Waals surface area contributed by atoms with Gasteiger partial charge in [0.2, 0.25) is 0 Å². The van der Waals surface area contributed by atoms with Gasteiger partial charge in [-0.05, 0) is 11.5 Å². The molecule has 1 aliphatic heterocycles. The summed E-state index contributed by atoms with van der Waals surface area (Å²) >= 11 is 0. The molecule has 0 unspecified atom stereocenters. The number of cyclic esters (lactones) is 2. The van der Waals surface area contributed by atoms with Crippen molar-refractivity contribution in [3.63, 3.8) is 0 Å². The van der Waals surface area contributed by atoms with Gasteiger partial charge in [0.15, 0.2) is 11.5 Å². The van der Waals surface area contributed by atoms with Crippen molar-refractivity contribution in [3.05, 3.63) is 36.4 Å². The lowest BCUT2D eigenvalue weighted by molar-refractivity contribution is 0.0999. The van der Waals surface area contributed by atoms with Crippen molar-refractivity contribution in [1.29, 1.82) is 0 Å². The lowest BCUT2D eigenvalue weighted by Crippen LogP contribution is -2.14. The molecule has 0 radical (unpaired) electrons. The van der Waals surface area contributed by atoms with Gasteiger partial charge in [-0.3, -0.25) is 0 Å². The fourth-order valence-corrected chi connectivity index (χ4v) is 1.69. The summed E-state index contributed by atoms with van der Waals surface area (Å²) in [5.41, 5.74) is 0. The van der Waals surface area contributed by atoms with Gasteiger partial charge in [0, 0.05) is 5.39 Å². The molecule has 0 N–H and O–H groups in total. The molecule has 0 spiro atoms. The summed E-state index contributed by atoms with van der Waals surface area (Å²) < 4.78 is 14.0. The monoisotopic (exact) mass is 230 g/mol. The van der Waals surface area contributed by atoms with E-state index in [2.05, 4.69) is 4.74 Å². The van der Waals surface area contributed by atoms with Crippen LogP contribution in [0.15, 0.2) is 36.4 Å². The number of fused-ring (bicyclic) bond motifs is 3. The van der Waals surface area contributed by atoms with E-state index in [1.807, 2.05) is 12.1 Å². The fourth-order valence-electron chi connectivity index (χ4n) is 1.69. The van der Waals surface area contributed by atoms with Crippen LogP contribution in [0.1, 0.15) is 0 Å². The van der Waals surface area contributed by atoms with Crippen LogP contribution >= 0.6 is 0 Å². The van der Waals surface area contributed by atoms with Gasteiger partial charge in [-0.15, -0.1) is 0 Å². The van der Waals surface area contributed by atoms with Gasteiger partial charge in [0.1, 0.15) is 0 Å². The van der Waals surface area contributed by atoms with Crippen LogP contribution < -0.4 is 9.47 Å². The van der Waals surface area contributed by atoms with E-state index in [9.17, 15) is 9.59 Å². The van der Waals surface area contributed by atoms with E-state index in [1.54, 1.807) is 24.3 Å². The summed E-state index contributed by atoms with van der Waals surface area (Å²) in [6.45, 7) is 0. The van der Waals surface area contributed by atoms with E-state index in [-0.39, 0.29) is 11.5 Å². The highest BCUT2D eigenvalue weighted by Gasteiger charge is 2.25. The first kappa shape index (κ1) is 9.65. The molecule has 0 bridgehead atoms. The number of hydrogen-bond acceptors (Lipinski definition) is 5. The Balaban J connectivity index is 2.28. The average molecular weight is 230 g/mol.